The molecule has 0 aromatic heterocycles. The Labute approximate surface area is 121 Å². The van der Waals surface area contributed by atoms with Crippen molar-refractivity contribution in [2.45, 2.75) is 46.0 Å². The Balaban J connectivity index is 2.41. The van der Waals surface area contributed by atoms with Crippen LogP contribution >= 0.6 is 0 Å². The van der Waals surface area contributed by atoms with Crippen LogP contribution in [-0.2, 0) is 4.79 Å². The fourth-order valence-electron chi connectivity index (χ4n) is 3.45. The van der Waals surface area contributed by atoms with Gasteiger partial charge in [-0.3, -0.25) is 4.79 Å². The Hall–Kier alpha value is -1.51. The second-order valence-corrected chi connectivity index (χ2v) is 6.15. The minimum Gasteiger partial charge on any atom is -0.496 e. The number of aliphatic carboxylic acids is 1. The fourth-order valence-corrected chi connectivity index (χ4v) is 3.45. The number of rotatable bonds is 3. The average Bonchev–Trinajstić information content (AvgIpc) is 2.40. The molecule has 1 aliphatic rings. The zero-order valence-electron chi connectivity index (χ0n) is 12.8. The molecule has 1 N–H and O–H groups in total. The van der Waals surface area contributed by atoms with Crippen LogP contribution in [0.2, 0.25) is 0 Å². The minimum atomic E-state index is -0.658. The van der Waals surface area contributed by atoms with Gasteiger partial charge in [0.25, 0.3) is 0 Å². The Morgan fingerprint density at radius 2 is 1.95 bits per heavy atom. The summed E-state index contributed by atoms with van der Waals surface area (Å²) in [5, 5.41) is 9.49. The summed E-state index contributed by atoms with van der Waals surface area (Å²) < 4.78 is 5.35. The highest BCUT2D eigenvalue weighted by Crippen LogP contribution is 2.42. The molecule has 0 saturated heterocycles. The highest BCUT2D eigenvalue weighted by atomic mass is 16.5. The van der Waals surface area contributed by atoms with Crippen LogP contribution in [0.1, 0.15) is 48.8 Å². The molecule has 0 spiro atoms. The number of carboxylic acids is 1. The lowest BCUT2D eigenvalue weighted by Crippen LogP contribution is -2.29. The third kappa shape index (κ3) is 2.82. The molecule has 1 aromatic carbocycles. The summed E-state index contributed by atoms with van der Waals surface area (Å²) in [5.41, 5.74) is 3.40. The lowest BCUT2D eigenvalue weighted by Gasteiger charge is -2.34. The fraction of sp³-hybridized carbons (Fsp3) is 0.588. The molecule has 0 radical (unpaired) electrons. The molecule has 1 aliphatic carbocycles. The first kappa shape index (κ1) is 14.9. The monoisotopic (exact) mass is 276 g/mol. The predicted octanol–water partition coefficient (Wildman–Crippen LogP) is 3.92. The van der Waals surface area contributed by atoms with Gasteiger partial charge in [0.05, 0.1) is 13.0 Å². The van der Waals surface area contributed by atoms with Gasteiger partial charge in [0.2, 0.25) is 0 Å². The van der Waals surface area contributed by atoms with Crippen LogP contribution in [0.15, 0.2) is 12.1 Å². The van der Waals surface area contributed by atoms with Gasteiger partial charge < -0.3 is 9.84 Å². The predicted molar refractivity (Wildman–Crippen MR) is 79.3 cm³/mol. The molecular formula is C17H24O3. The molecule has 2 rings (SSSR count). The van der Waals surface area contributed by atoms with Crippen molar-refractivity contribution in [1.82, 2.24) is 0 Å². The van der Waals surface area contributed by atoms with Crippen molar-refractivity contribution in [2.75, 3.05) is 7.11 Å². The van der Waals surface area contributed by atoms with E-state index in [0.29, 0.717) is 5.92 Å². The molecule has 20 heavy (non-hydrogen) atoms. The molecule has 3 nitrogen and oxygen atoms in total. The van der Waals surface area contributed by atoms with Gasteiger partial charge in [-0.25, -0.2) is 0 Å². The van der Waals surface area contributed by atoms with Gasteiger partial charge in [-0.1, -0.05) is 13.0 Å². The van der Waals surface area contributed by atoms with E-state index in [0.717, 1.165) is 36.1 Å². The molecule has 0 aliphatic heterocycles. The molecule has 3 unspecified atom stereocenters. The summed E-state index contributed by atoms with van der Waals surface area (Å²) in [5.74, 6) is 0.688. The van der Waals surface area contributed by atoms with E-state index in [4.69, 9.17) is 4.74 Å². The van der Waals surface area contributed by atoms with Crippen molar-refractivity contribution in [2.24, 2.45) is 11.8 Å². The van der Waals surface area contributed by atoms with E-state index in [-0.39, 0.29) is 11.8 Å². The SMILES string of the molecule is COc1cc(C)c(C2CC(C)CCC2C(=O)O)cc1C. The van der Waals surface area contributed by atoms with Crippen molar-refractivity contribution in [3.05, 3.63) is 28.8 Å². The number of hydrogen-bond donors (Lipinski definition) is 1. The average molecular weight is 276 g/mol. The Bertz CT molecular complexity index is 507. The summed E-state index contributed by atoms with van der Waals surface area (Å²) >= 11 is 0. The van der Waals surface area contributed by atoms with Crippen molar-refractivity contribution >= 4 is 5.97 Å². The van der Waals surface area contributed by atoms with Gasteiger partial charge in [-0.15, -0.1) is 0 Å². The Morgan fingerprint density at radius 1 is 1.25 bits per heavy atom. The summed E-state index contributed by atoms with van der Waals surface area (Å²) in [6.45, 7) is 6.29. The molecule has 1 fully saturated rings. The van der Waals surface area contributed by atoms with Crippen LogP contribution in [-0.4, -0.2) is 18.2 Å². The quantitative estimate of drug-likeness (QED) is 0.910. The summed E-state index contributed by atoms with van der Waals surface area (Å²) in [6, 6.07) is 4.15. The molecule has 3 heteroatoms. The molecule has 0 heterocycles. The van der Waals surface area contributed by atoms with E-state index in [1.807, 2.05) is 13.0 Å². The second kappa shape index (κ2) is 5.86. The van der Waals surface area contributed by atoms with Crippen LogP contribution in [0.5, 0.6) is 5.75 Å². The standard InChI is InChI=1S/C17H24O3/c1-10-5-6-13(17(18)19)15(7-10)14-8-12(3)16(20-4)9-11(14)2/h8-10,13,15H,5-7H2,1-4H3,(H,18,19). The first-order valence-corrected chi connectivity index (χ1v) is 7.32. The van der Waals surface area contributed by atoms with Gasteiger partial charge >= 0.3 is 5.97 Å². The molecule has 1 saturated carbocycles. The van der Waals surface area contributed by atoms with E-state index < -0.39 is 5.97 Å². The summed E-state index contributed by atoms with van der Waals surface area (Å²) in [7, 11) is 1.67. The molecular weight excluding hydrogens is 252 g/mol. The Morgan fingerprint density at radius 3 is 2.55 bits per heavy atom. The van der Waals surface area contributed by atoms with Crippen molar-refractivity contribution in [3.63, 3.8) is 0 Å². The number of aryl methyl sites for hydroxylation is 2. The first-order chi connectivity index (χ1) is 9.43. The third-order valence-corrected chi connectivity index (χ3v) is 4.61. The van der Waals surface area contributed by atoms with Gasteiger partial charge in [-0.05, 0) is 67.7 Å². The molecule has 110 valence electrons. The number of ether oxygens (including phenoxy) is 1. The number of benzene rings is 1. The van der Waals surface area contributed by atoms with Crippen LogP contribution in [0.4, 0.5) is 0 Å². The molecule has 3 atom stereocenters. The topological polar surface area (TPSA) is 46.5 Å². The summed E-state index contributed by atoms with van der Waals surface area (Å²) in [6.07, 6.45) is 2.76. The zero-order chi connectivity index (χ0) is 14.9. The third-order valence-electron chi connectivity index (χ3n) is 4.61. The lowest BCUT2D eigenvalue weighted by molar-refractivity contribution is -0.143. The lowest BCUT2D eigenvalue weighted by atomic mass is 9.70. The van der Waals surface area contributed by atoms with E-state index in [9.17, 15) is 9.90 Å². The maximum absolute atomic E-state index is 11.5. The second-order valence-electron chi connectivity index (χ2n) is 6.15. The highest BCUT2D eigenvalue weighted by molar-refractivity contribution is 5.72. The van der Waals surface area contributed by atoms with Crippen LogP contribution in [0, 0.1) is 25.7 Å². The van der Waals surface area contributed by atoms with E-state index >= 15 is 0 Å². The van der Waals surface area contributed by atoms with Gasteiger partial charge in [0.1, 0.15) is 5.75 Å². The Kier molecular flexibility index (Phi) is 4.36. The number of carboxylic acid groups (broad SMARTS) is 1. The van der Waals surface area contributed by atoms with Crippen molar-refractivity contribution in [1.29, 1.82) is 0 Å². The number of carbonyl (C=O) groups is 1. The molecule has 0 amide bonds. The van der Waals surface area contributed by atoms with Gasteiger partial charge in [-0.2, -0.15) is 0 Å². The number of methoxy groups -OCH3 is 1. The van der Waals surface area contributed by atoms with Crippen molar-refractivity contribution in [3.8, 4) is 5.75 Å². The molecule has 0 bridgehead atoms. The van der Waals surface area contributed by atoms with E-state index in [1.165, 1.54) is 5.56 Å². The van der Waals surface area contributed by atoms with Crippen molar-refractivity contribution < 1.29 is 14.6 Å². The van der Waals surface area contributed by atoms with Gasteiger partial charge in [0, 0.05) is 0 Å². The maximum atomic E-state index is 11.5. The van der Waals surface area contributed by atoms with Crippen LogP contribution in [0.25, 0.3) is 0 Å². The zero-order valence-corrected chi connectivity index (χ0v) is 12.8. The van der Waals surface area contributed by atoms with Crippen LogP contribution in [0.3, 0.4) is 0 Å². The van der Waals surface area contributed by atoms with Gasteiger partial charge in [0.15, 0.2) is 0 Å². The van der Waals surface area contributed by atoms with Crippen LogP contribution < -0.4 is 4.74 Å². The molecule has 1 aromatic rings. The largest absolute Gasteiger partial charge is 0.496 e. The number of hydrogen-bond acceptors (Lipinski definition) is 2. The first-order valence-electron chi connectivity index (χ1n) is 7.32. The summed E-state index contributed by atoms with van der Waals surface area (Å²) in [4.78, 5) is 11.5. The smallest absolute Gasteiger partial charge is 0.307 e. The normalized spacial score (nSPS) is 26.3. The minimum absolute atomic E-state index is 0.126. The highest BCUT2D eigenvalue weighted by Gasteiger charge is 2.35. The maximum Gasteiger partial charge on any atom is 0.307 e. The van der Waals surface area contributed by atoms with E-state index in [1.54, 1.807) is 7.11 Å². The van der Waals surface area contributed by atoms with E-state index in [2.05, 4.69) is 19.9 Å².